The number of carboxylic acid groups (broad SMARTS) is 1. The van der Waals surface area contributed by atoms with Crippen LogP contribution in [0, 0.1) is 0 Å². The number of carboxylic acids is 1. The first-order chi connectivity index (χ1) is 21.8. The molecule has 6 atom stereocenters. The highest BCUT2D eigenvalue weighted by Gasteiger charge is 2.59. The van der Waals surface area contributed by atoms with E-state index in [1.165, 1.54) is 54.6 Å². The first kappa shape index (κ1) is 31.1. The second-order valence-corrected chi connectivity index (χ2v) is 11.2. The number of carbonyl (C=O) groups is 3. The average Bonchev–Trinajstić information content (AvgIpc) is 3.30. The molecule has 1 saturated heterocycles. The number of hydrogen-bond donors (Lipinski definition) is 8. The molecule has 1 amide bonds. The van der Waals surface area contributed by atoms with Gasteiger partial charge in [0.1, 0.15) is 52.6 Å². The van der Waals surface area contributed by atoms with Gasteiger partial charge in [0.25, 0.3) is 0 Å². The van der Waals surface area contributed by atoms with Gasteiger partial charge < -0.3 is 60.0 Å². The summed E-state index contributed by atoms with van der Waals surface area (Å²) < 4.78 is 23.6. The zero-order chi connectivity index (χ0) is 33.1. The number of rotatable bonds is 7. The molecule has 0 bridgehead atoms. The van der Waals surface area contributed by atoms with Gasteiger partial charge in [-0.2, -0.15) is 0 Å². The summed E-state index contributed by atoms with van der Waals surface area (Å²) >= 11 is 0. The van der Waals surface area contributed by atoms with E-state index < -0.39 is 72.7 Å². The maximum atomic E-state index is 13.7. The van der Waals surface area contributed by atoms with E-state index in [2.05, 4.69) is 5.32 Å². The van der Waals surface area contributed by atoms with E-state index in [4.69, 9.17) is 18.9 Å². The fraction of sp³-hybridized carbons (Fsp3) is 0.323. The molecule has 8 N–H and O–H groups in total. The van der Waals surface area contributed by atoms with Crippen LogP contribution in [0.5, 0.6) is 28.7 Å². The molecule has 1 fully saturated rings. The maximum absolute atomic E-state index is 13.7. The second kappa shape index (κ2) is 11.1. The fourth-order valence-electron chi connectivity index (χ4n) is 6.21. The average molecular weight is 640 g/mol. The summed E-state index contributed by atoms with van der Waals surface area (Å²) in [6.45, 7) is 0.144. The number of aliphatic hydroxyl groups is 4. The molecule has 242 valence electrons. The molecule has 0 unspecified atom stereocenters. The first-order valence-corrected chi connectivity index (χ1v) is 14.1. The van der Waals surface area contributed by atoms with Gasteiger partial charge in [-0.3, -0.25) is 4.79 Å². The van der Waals surface area contributed by atoms with E-state index in [0.717, 1.165) is 6.92 Å². The molecule has 3 aromatic carbocycles. The maximum Gasteiger partial charge on any atom is 0.377 e. The third-order valence-corrected chi connectivity index (χ3v) is 8.23. The van der Waals surface area contributed by atoms with Gasteiger partial charge in [0, 0.05) is 35.7 Å². The standard InChI is InChI=1S/C31H29NO14/c1-13(34)32-25-19(37)11-30(29(41)42,45-27(25)26(39)20(38)12-33)44-21-4-2-3-18-24(21)28(40)46-31(18)16-7-5-14(35)9-22(16)43-23-10-15(36)6-8-17(23)31/h2-10,19-20,25-27,33,35-39H,11-12H2,1H3,(H,32,34)(H,41,42)/t19-,20+,25+,26+,27+,30-/m0/s1. The van der Waals surface area contributed by atoms with Crippen LogP contribution in [0.25, 0.3) is 0 Å². The van der Waals surface area contributed by atoms with Gasteiger partial charge in [0.05, 0.1) is 25.2 Å². The molecule has 0 aromatic heterocycles. The van der Waals surface area contributed by atoms with E-state index >= 15 is 0 Å². The molecular weight excluding hydrogens is 610 g/mol. The van der Waals surface area contributed by atoms with Crippen molar-refractivity contribution in [3.8, 4) is 28.7 Å². The van der Waals surface area contributed by atoms with E-state index in [0.29, 0.717) is 11.1 Å². The summed E-state index contributed by atoms with van der Waals surface area (Å²) in [6.07, 6.45) is -8.20. The molecule has 3 aliphatic rings. The van der Waals surface area contributed by atoms with Gasteiger partial charge in [-0.1, -0.05) is 12.1 Å². The molecular formula is C31H29NO14. The van der Waals surface area contributed by atoms with Crippen molar-refractivity contribution in [1.82, 2.24) is 5.32 Å². The summed E-state index contributed by atoms with van der Waals surface area (Å²) in [6, 6.07) is 11.1. The van der Waals surface area contributed by atoms with Crippen LogP contribution in [0.15, 0.2) is 54.6 Å². The number of aliphatic carboxylic acids is 1. The summed E-state index contributed by atoms with van der Waals surface area (Å²) in [5, 5.41) is 74.4. The lowest BCUT2D eigenvalue weighted by Gasteiger charge is -2.46. The number of aromatic hydroxyl groups is 2. The highest BCUT2D eigenvalue weighted by molar-refractivity contribution is 6.00. The van der Waals surface area contributed by atoms with Gasteiger partial charge in [-0.15, -0.1) is 0 Å². The number of benzene rings is 3. The normalized spacial score (nSPS) is 25.2. The Morgan fingerprint density at radius 2 is 1.65 bits per heavy atom. The highest BCUT2D eigenvalue weighted by atomic mass is 16.7. The van der Waals surface area contributed by atoms with Crippen molar-refractivity contribution in [2.24, 2.45) is 0 Å². The number of ether oxygens (including phenoxy) is 4. The van der Waals surface area contributed by atoms with Gasteiger partial charge in [-0.25, -0.2) is 9.59 Å². The van der Waals surface area contributed by atoms with Gasteiger partial charge in [0.15, 0.2) is 5.60 Å². The Morgan fingerprint density at radius 1 is 1.02 bits per heavy atom. The predicted molar refractivity (Wildman–Crippen MR) is 151 cm³/mol. The molecule has 3 aliphatic heterocycles. The Morgan fingerprint density at radius 3 is 2.22 bits per heavy atom. The van der Waals surface area contributed by atoms with E-state index in [1.807, 2.05) is 0 Å². The Kier molecular flexibility index (Phi) is 7.53. The van der Waals surface area contributed by atoms with Crippen molar-refractivity contribution >= 4 is 17.8 Å². The summed E-state index contributed by atoms with van der Waals surface area (Å²) in [5.41, 5.74) is -1.16. The first-order valence-electron chi connectivity index (χ1n) is 14.1. The van der Waals surface area contributed by atoms with Gasteiger partial charge >= 0.3 is 17.7 Å². The second-order valence-electron chi connectivity index (χ2n) is 11.2. The number of esters is 1. The number of hydrogen-bond acceptors (Lipinski definition) is 13. The SMILES string of the molecule is CC(=O)N[C@H]1[C@H]([C@H](O)[C@H](O)CO)O[C@](Oc2cccc3c2C(=O)OC32c3ccc(O)cc3Oc3cc(O)ccc32)(C(=O)O)C[C@@H]1O. The number of aliphatic hydroxyl groups excluding tert-OH is 4. The van der Waals surface area contributed by atoms with Crippen molar-refractivity contribution in [1.29, 1.82) is 0 Å². The fourth-order valence-corrected chi connectivity index (χ4v) is 6.21. The molecule has 3 aromatic rings. The third-order valence-electron chi connectivity index (χ3n) is 8.23. The number of amides is 1. The monoisotopic (exact) mass is 639 g/mol. The molecule has 1 spiro atoms. The number of carbonyl (C=O) groups excluding carboxylic acids is 2. The molecule has 3 heterocycles. The Hall–Kier alpha value is -4.93. The quantitative estimate of drug-likeness (QED) is 0.161. The topological polar surface area (TPSA) is 242 Å². The third kappa shape index (κ3) is 4.76. The van der Waals surface area contributed by atoms with Crippen LogP contribution >= 0.6 is 0 Å². The van der Waals surface area contributed by atoms with Crippen LogP contribution in [-0.2, 0) is 24.7 Å². The minimum Gasteiger partial charge on any atom is -0.508 e. The zero-order valence-corrected chi connectivity index (χ0v) is 24.0. The lowest BCUT2D eigenvalue weighted by molar-refractivity contribution is -0.284. The van der Waals surface area contributed by atoms with Crippen LogP contribution in [0.1, 0.15) is 40.4 Å². The molecule has 0 aliphatic carbocycles. The van der Waals surface area contributed by atoms with Crippen LogP contribution in [0.3, 0.4) is 0 Å². The number of phenols is 2. The Labute approximate surface area is 259 Å². The molecule has 0 saturated carbocycles. The molecule has 15 nitrogen and oxygen atoms in total. The van der Waals surface area contributed by atoms with Crippen molar-refractivity contribution in [2.75, 3.05) is 6.61 Å². The van der Waals surface area contributed by atoms with E-state index in [-0.39, 0.29) is 39.9 Å². The number of fused-ring (bicyclic) bond motifs is 6. The Bertz CT molecular complexity index is 1690. The smallest absolute Gasteiger partial charge is 0.377 e. The highest BCUT2D eigenvalue weighted by Crippen LogP contribution is 2.58. The van der Waals surface area contributed by atoms with Crippen LogP contribution in [-0.4, -0.2) is 96.4 Å². The van der Waals surface area contributed by atoms with Crippen molar-refractivity contribution in [3.05, 3.63) is 76.9 Å². The lowest BCUT2D eigenvalue weighted by Crippen LogP contribution is -2.68. The molecule has 0 radical (unpaired) electrons. The molecule has 6 rings (SSSR count). The Balaban J connectivity index is 1.48. The lowest BCUT2D eigenvalue weighted by atomic mass is 9.77. The summed E-state index contributed by atoms with van der Waals surface area (Å²) in [4.78, 5) is 38.4. The number of nitrogens with one attached hydrogen (secondary N) is 1. The molecule has 46 heavy (non-hydrogen) atoms. The minimum atomic E-state index is -2.79. The summed E-state index contributed by atoms with van der Waals surface area (Å²) in [7, 11) is 0. The largest absolute Gasteiger partial charge is 0.508 e. The van der Waals surface area contributed by atoms with Crippen molar-refractivity contribution < 1.29 is 69.1 Å². The minimum absolute atomic E-state index is 0.106. The van der Waals surface area contributed by atoms with Crippen molar-refractivity contribution in [2.45, 2.75) is 55.2 Å². The van der Waals surface area contributed by atoms with Crippen LogP contribution < -0.4 is 14.8 Å². The number of phenolic OH excluding ortho intramolecular Hbond substituents is 2. The van der Waals surface area contributed by atoms with Gasteiger partial charge in [-0.05, 0) is 30.3 Å². The van der Waals surface area contributed by atoms with E-state index in [9.17, 15) is 50.1 Å². The van der Waals surface area contributed by atoms with Crippen LogP contribution in [0.2, 0.25) is 0 Å². The van der Waals surface area contributed by atoms with Crippen molar-refractivity contribution in [3.63, 3.8) is 0 Å². The van der Waals surface area contributed by atoms with E-state index in [1.54, 1.807) is 0 Å². The predicted octanol–water partition coefficient (Wildman–Crippen LogP) is 0.194. The van der Waals surface area contributed by atoms with Gasteiger partial charge in [0.2, 0.25) is 5.91 Å². The van der Waals surface area contributed by atoms with Crippen LogP contribution in [0.4, 0.5) is 0 Å². The zero-order valence-electron chi connectivity index (χ0n) is 24.0. The summed E-state index contributed by atoms with van der Waals surface area (Å²) in [5.74, 6) is -6.64. The molecule has 15 heteroatoms.